The van der Waals surface area contributed by atoms with Crippen molar-refractivity contribution in [2.45, 2.75) is 26.4 Å². The molecule has 1 aromatic carbocycles. The van der Waals surface area contributed by atoms with E-state index in [1.807, 2.05) is 26.8 Å². The Morgan fingerprint density at radius 2 is 1.88 bits per heavy atom. The first-order chi connectivity index (χ1) is 11.3. The molecule has 7 heteroatoms. The molecule has 0 spiro atoms. The van der Waals surface area contributed by atoms with Gasteiger partial charge in [-0.1, -0.05) is 0 Å². The van der Waals surface area contributed by atoms with E-state index in [2.05, 4.69) is 4.90 Å². The minimum Gasteiger partial charge on any atom is -0.508 e. The van der Waals surface area contributed by atoms with Gasteiger partial charge >= 0.3 is 6.09 Å². The van der Waals surface area contributed by atoms with Gasteiger partial charge in [0.25, 0.3) is 0 Å². The monoisotopic (exact) mass is 338 g/mol. The molecule has 0 saturated carbocycles. The zero-order chi connectivity index (χ0) is 17.7. The van der Waals surface area contributed by atoms with Crippen LogP contribution in [0.15, 0.2) is 18.2 Å². The molecule has 7 nitrogen and oxygen atoms in total. The van der Waals surface area contributed by atoms with E-state index < -0.39 is 5.60 Å². The molecule has 0 radical (unpaired) electrons. The number of aromatic hydroxyl groups is 1. The molecule has 1 aromatic rings. The van der Waals surface area contributed by atoms with Gasteiger partial charge in [0.05, 0.1) is 5.69 Å². The molecule has 1 heterocycles. The molecule has 0 aromatic heterocycles. The summed E-state index contributed by atoms with van der Waals surface area (Å²) in [5.74, 6) is 0.694. The number of hydrogen-bond acceptors (Lipinski definition) is 6. The average molecular weight is 338 g/mol. The number of carbonyl (C=O) groups excluding carboxylic acids is 1. The third-order valence-corrected chi connectivity index (χ3v) is 3.55. The third kappa shape index (κ3) is 4.92. The molecule has 1 aliphatic heterocycles. The van der Waals surface area contributed by atoms with Gasteiger partial charge in [0.15, 0.2) is 6.79 Å². The van der Waals surface area contributed by atoms with E-state index in [0.717, 1.165) is 5.69 Å². The van der Waals surface area contributed by atoms with Crippen molar-refractivity contribution in [2.75, 3.05) is 45.0 Å². The van der Waals surface area contributed by atoms with Crippen LogP contribution in [-0.2, 0) is 9.47 Å². The number of amides is 1. The Morgan fingerprint density at radius 3 is 2.46 bits per heavy atom. The van der Waals surface area contributed by atoms with Gasteiger partial charge in [0.2, 0.25) is 0 Å². The SMILES string of the molecule is COCOc1cc(O)ccc1N1CCN(C(=O)OC(C)(C)C)CC1. The Kier molecular flexibility index (Phi) is 5.77. The maximum Gasteiger partial charge on any atom is 0.410 e. The molecule has 24 heavy (non-hydrogen) atoms. The van der Waals surface area contributed by atoms with Crippen LogP contribution in [-0.4, -0.2) is 61.8 Å². The molecule has 1 fully saturated rings. The molecule has 0 bridgehead atoms. The van der Waals surface area contributed by atoms with Crippen molar-refractivity contribution in [3.05, 3.63) is 18.2 Å². The lowest BCUT2D eigenvalue weighted by molar-refractivity contribution is 0.0240. The van der Waals surface area contributed by atoms with Gasteiger partial charge in [-0.25, -0.2) is 4.79 Å². The quantitative estimate of drug-likeness (QED) is 0.850. The van der Waals surface area contributed by atoms with Crippen molar-refractivity contribution in [1.82, 2.24) is 4.90 Å². The van der Waals surface area contributed by atoms with Crippen molar-refractivity contribution < 1.29 is 24.1 Å². The van der Waals surface area contributed by atoms with Gasteiger partial charge in [-0.3, -0.25) is 0 Å². The highest BCUT2D eigenvalue weighted by atomic mass is 16.7. The first kappa shape index (κ1) is 18.2. The fourth-order valence-electron chi connectivity index (χ4n) is 2.46. The minimum absolute atomic E-state index is 0.105. The van der Waals surface area contributed by atoms with Crippen LogP contribution < -0.4 is 9.64 Å². The van der Waals surface area contributed by atoms with Crippen LogP contribution in [0.3, 0.4) is 0 Å². The Balaban J connectivity index is 2.00. The summed E-state index contributed by atoms with van der Waals surface area (Å²) in [6.07, 6.45) is -0.288. The molecule has 134 valence electrons. The normalized spacial score (nSPS) is 15.3. The lowest BCUT2D eigenvalue weighted by Crippen LogP contribution is -2.50. The molecule has 1 saturated heterocycles. The summed E-state index contributed by atoms with van der Waals surface area (Å²) in [6, 6.07) is 4.99. The van der Waals surface area contributed by atoms with Gasteiger partial charge in [-0.2, -0.15) is 0 Å². The van der Waals surface area contributed by atoms with Crippen molar-refractivity contribution >= 4 is 11.8 Å². The summed E-state index contributed by atoms with van der Waals surface area (Å²) in [5.41, 5.74) is 0.375. The van der Waals surface area contributed by atoms with E-state index in [1.54, 1.807) is 24.1 Å². The number of phenolic OH excluding ortho intramolecular Hbond substituents is 1. The predicted octanol–water partition coefficient (Wildman–Crippen LogP) is 2.43. The lowest BCUT2D eigenvalue weighted by atomic mass is 10.2. The maximum atomic E-state index is 12.1. The number of anilines is 1. The average Bonchev–Trinajstić information content (AvgIpc) is 2.51. The summed E-state index contributed by atoms with van der Waals surface area (Å²) in [4.78, 5) is 15.9. The van der Waals surface area contributed by atoms with Gasteiger partial charge in [0.1, 0.15) is 17.1 Å². The third-order valence-electron chi connectivity index (χ3n) is 3.55. The number of hydrogen-bond donors (Lipinski definition) is 1. The van der Waals surface area contributed by atoms with E-state index in [0.29, 0.717) is 31.9 Å². The topological polar surface area (TPSA) is 71.5 Å². The summed E-state index contributed by atoms with van der Waals surface area (Å²) in [7, 11) is 1.54. The van der Waals surface area contributed by atoms with Gasteiger partial charge in [-0.15, -0.1) is 0 Å². The second-order valence-corrected chi connectivity index (χ2v) is 6.66. The summed E-state index contributed by atoms with van der Waals surface area (Å²) in [5, 5.41) is 9.65. The number of piperazine rings is 1. The van der Waals surface area contributed by atoms with Crippen LogP contribution in [0.1, 0.15) is 20.8 Å². The highest BCUT2D eigenvalue weighted by Gasteiger charge is 2.27. The highest BCUT2D eigenvalue weighted by molar-refractivity contribution is 5.69. The smallest absolute Gasteiger partial charge is 0.410 e. The standard InChI is InChI=1S/C17H26N2O5/c1-17(2,3)24-16(21)19-9-7-18(8-10-19)14-6-5-13(20)11-15(14)23-12-22-4/h5-6,11,20H,7-10,12H2,1-4H3. The fourth-order valence-corrected chi connectivity index (χ4v) is 2.46. The minimum atomic E-state index is -0.494. The number of phenols is 1. The predicted molar refractivity (Wildman–Crippen MR) is 90.6 cm³/mol. The molecule has 1 N–H and O–H groups in total. The number of nitrogens with zero attached hydrogens (tertiary/aromatic N) is 2. The first-order valence-corrected chi connectivity index (χ1v) is 7.98. The Labute approximate surface area is 142 Å². The van der Waals surface area contributed by atoms with Crippen LogP contribution in [0.4, 0.5) is 10.5 Å². The molecular formula is C17H26N2O5. The lowest BCUT2D eigenvalue weighted by Gasteiger charge is -2.37. The molecule has 0 aliphatic carbocycles. The number of benzene rings is 1. The summed E-state index contributed by atoms with van der Waals surface area (Å²) >= 11 is 0. The number of methoxy groups -OCH3 is 1. The number of rotatable bonds is 4. The first-order valence-electron chi connectivity index (χ1n) is 7.98. The van der Waals surface area contributed by atoms with Crippen molar-refractivity contribution in [3.63, 3.8) is 0 Å². The van der Waals surface area contributed by atoms with Crippen LogP contribution in [0.5, 0.6) is 11.5 Å². The second-order valence-electron chi connectivity index (χ2n) is 6.66. The fraction of sp³-hybridized carbons (Fsp3) is 0.588. The summed E-state index contributed by atoms with van der Waals surface area (Å²) in [6.45, 7) is 8.14. The van der Waals surface area contributed by atoms with E-state index >= 15 is 0 Å². The van der Waals surface area contributed by atoms with E-state index in [4.69, 9.17) is 14.2 Å². The van der Waals surface area contributed by atoms with E-state index in [9.17, 15) is 9.90 Å². The zero-order valence-corrected chi connectivity index (χ0v) is 14.7. The Bertz CT molecular complexity index is 563. The van der Waals surface area contributed by atoms with E-state index in [-0.39, 0.29) is 18.6 Å². The van der Waals surface area contributed by atoms with Crippen LogP contribution in [0.2, 0.25) is 0 Å². The Hall–Kier alpha value is -2.15. The van der Waals surface area contributed by atoms with Gasteiger partial charge < -0.3 is 29.1 Å². The van der Waals surface area contributed by atoms with Gasteiger partial charge in [0, 0.05) is 39.4 Å². The molecule has 2 rings (SSSR count). The molecule has 1 amide bonds. The molecule has 0 unspecified atom stereocenters. The van der Waals surface area contributed by atoms with E-state index in [1.165, 1.54) is 0 Å². The summed E-state index contributed by atoms with van der Waals surface area (Å²) < 4.78 is 15.9. The maximum absolute atomic E-state index is 12.1. The van der Waals surface area contributed by atoms with Crippen LogP contribution >= 0.6 is 0 Å². The second kappa shape index (κ2) is 7.61. The largest absolute Gasteiger partial charge is 0.508 e. The Morgan fingerprint density at radius 1 is 1.21 bits per heavy atom. The van der Waals surface area contributed by atoms with Crippen molar-refractivity contribution in [3.8, 4) is 11.5 Å². The van der Waals surface area contributed by atoms with Crippen LogP contribution in [0.25, 0.3) is 0 Å². The van der Waals surface area contributed by atoms with Crippen molar-refractivity contribution in [2.24, 2.45) is 0 Å². The van der Waals surface area contributed by atoms with Gasteiger partial charge in [-0.05, 0) is 32.9 Å². The highest BCUT2D eigenvalue weighted by Crippen LogP contribution is 2.32. The number of carbonyl (C=O) groups is 1. The molecule has 1 aliphatic rings. The molecular weight excluding hydrogens is 312 g/mol. The molecule has 0 atom stereocenters. The van der Waals surface area contributed by atoms with Crippen LogP contribution in [0, 0.1) is 0 Å². The number of ether oxygens (including phenoxy) is 3. The zero-order valence-electron chi connectivity index (χ0n) is 14.7. The van der Waals surface area contributed by atoms with Crippen molar-refractivity contribution in [1.29, 1.82) is 0 Å².